The van der Waals surface area contributed by atoms with E-state index in [9.17, 15) is 4.89 Å². The van der Waals surface area contributed by atoms with E-state index in [1.54, 1.807) is 0 Å². The molecule has 5 heteroatoms. The third-order valence-corrected chi connectivity index (χ3v) is 10.4. The Morgan fingerprint density at radius 2 is 0.733 bits per heavy atom. The molecule has 0 atom stereocenters. The SMILES string of the molecule is CCCCCCCCCCCCCCCCCc1ccc(O[P+]([O-])([S-])[S-])cc1CCCCCCCCCCCCCCCCC. The van der Waals surface area contributed by atoms with Crippen molar-refractivity contribution in [1.82, 2.24) is 0 Å². The molecule has 264 valence electrons. The van der Waals surface area contributed by atoms with E-state index < -0.39 is 6.12 Å². The van der Waals surface area contributed by atoms with E-state index in [4.69, 9.17) is 29.0 Å². The molecule has 0 bridgehead atoms. The van der Waals surface area contributed by atoms with Crippen molar-refractivity contribution in [3.05, 3.63) is 29.3 Å². The van der Waals surface area contributed by atoms with E-state index in [1.165, 1.54) is 204 Å². The van der Waals surface area contributed by atoms with Crippen LogP contribution < -0.4 is 9.42 Å². The zero-order valence-electron chi connectivity index (χ0n) is 29.9. The van der Waals surface area contributed by atoms with Gasteiger partial charge >= 0.3 is 0 Å². The molecule has 0 aliphatic heterocycles. The van der Waals surface area contributed by atoms with Crippen LogP contribution in [0.4, 0.5) is 0 Å². The highest BCUT2D eigenvalue weighted by atomic mass is 33.1. The molecule has 1 aromatic carbocycles. The van der Waals surface area contributed by atoms with Crippen LogP contribution in [0.2, 0.25) is 0 Å². The smallest absolute Gasteiger partial charge is 0.168 e. The van der Waals surface area contributed by atoms with Gasteiger partial charge in [0.25, 0.3) is 0 Å². The summed E-state index contributed by atoms with van der Waals surface area (Å²) in [5.41, 5.74) is 2.76. The first-order chi connectivity index (χ1) is 22.0. The van der Waals surface area contributed by atoms with Gasteiger partial charge in [0.2, 0.25) is 0 Å². The molecule has 0 saturated carbocycles. The van der Waals surface area contributed by atoms with Crippen LogP contribution in [0, 0.1) is 0 Å². The average molecular weight is 681 g/mol. The molecule has 2 nitrogen and oxygen atoms in total. The third-order valence-electron chi connectivity index (χ3n) is 9.49. The third kappa shape index (κ3) is 28.8. The molecule has 0 aromatic heterocycles. The highest BCUT2D eigenvalue weighted by molar-refractivity contribution is 8.69. The van der Waals surface area contributed by atoms with Crippen LogP contribution in [-0.4, -0.2) is 0 Å². The Hall–Kier alpha value is 0.110. The summed E-state index contributed by atoms with van der Waals surface area (Å²) >= 11 is 9.74. The molecular formula is C40H73O2PS2-2. The molecule has 0 spiro atoms. The first-order valence-electron chi connectivity index (χ1n) is 19.8. The molecule has 45 heavy (non-hydrogen) atoms. The second kappa shape index (κ2) is 31.4. The highest BCUT2D eigenvalue weighted by Crippen LogP contribution is 2.46. The van der Waals surface area contributed by atoms with Crippen LogP contribution in [-0.2, 0) is 37.3 Å². The number of hydrogen-bond acceptors (Lipinski definition) is 4. The summed E-state index contributed by atoms with van der Waals surface area (Å²) < 4.78 is 5.44. The number of unbranched alkanes of at least 4 members (excludes halogenated alkanes) is 28. The molecule has 0 saturated heterocycles. The lowest BCUT2D eigenvalue weighted by molar-refractivity contribution is -0.169. The fraction of sp³-hybridized carbons (Fsp3) is 0.850. The zero-order chi connectivity index (χ0) is 32.7. The minimum atomic E-state index is -3.37. The normalized spacial score (nSPS) is 11.8. The van der Waals surface area contributed by atoms with Gasteiger partial charge in [-0.1, -0.05) is 200 Å². The second-order valence-electron chi connectivity index (χ2n) is 13.9. The van der Waals surface area contributed by atoms with E-state index in [-0.39, 0.29) is 0 Å². The monoisotopic (exact) mass is 680 g/mol. The molecule has 0 aliphatic rings. The van der Waals surface area contributed by atoms with Crippen molar-refractivity contribution in [3.8, 4) is 5.75 Å². The van der Waals surface area contributed by atoms with Crippen LogP contribution in [0.15, 0.2) is 18.2 Å². The molecule has 0 unspecified atom stereocenters. The molecule has 0 N–H and O–H groups in total. The largest absolute Gasteiger partial charge is 0.682 e. The highest BCUT2D eigenvalue weighted by Gasteiger charge is 2.08. The minimum absolute atomic E-state index is 0.583. The van der Waals surface area contributed by atoms with Crippen LogP contribution in [0.25, 0.3) is 0 Å². The number of hydrogen-bond donors (Lipinski definition) is 0. The summed E-state index contributed by atoms with van der Waals surface area (Å²) in [7, 11) is 0. The predicted molar refractivity (Wildman–Crippen MR) is 206 cm³/mol. The molecule has 0 heterocycles. The first kappa shape index (κ1) is 43.1. The van der Waals surface area contributed by atoms with Gasteiger partial charge in [0.1, 0.15) is 0 Å². The van der Waals surface area contributed by atoms with Crippen molar-refractivity contribution in [2.45, 2.75) is 219 Å². The van der Waals surface area contributed by atoms with Gasteiger partial charge in [0.15, 0.2) is 5.75 Å². The molecule has 0 amide bonds. The Balaban J connectivity index is 2.18. The average Bonchev–Trinajstić information content (AvgIpc) is 3.01. The van der Waals surface area contributed by atoms with E-state index in [0.29, 0.717) is 5.75 Å². The molecular weight excluding hydrogens is 608 g/mol. The van der Waals surface area contributed by atoms with E-state index in [1.807, 2.05) is 6.07 Å². The van der Waals surface area contributed by atoms with Crippen molar-refractivity contribution in [3.63, 3.8) is 0 Å². The van der Waals surface area contributed by atoms with Gasteiger partial charge in [-0.25, -0.2) is 0 Å². The fourth-order valence-corrected chi connectivity index (χ4v) is 7.53. The molecule has 1 rings (SSSR count). The second-order valence-corrected chi connectivity index (χ2v) is 18.5. The van der Waals surface area contributed by atoms with Crippen LogP contribution in [0.1, 0.15) is 218 Å². The van der Waals surface area contributed by atoms with Crippen molar-refractivity contribution in [1.29, 1.82) is 0 Å². The van der Waals surface area contributed by atoms with Gasteiger partial charge in [-0.15, -0.1) is 6.12 Å². The Kier molecular flexibility index (Phi) is 30.1. The van der Waals surface area contributed by atoms with Gasteiger partial charge in [-0.3, -0.25) is 0 Å². The summed E-state index contributed by atoms with van der Waals surface area (Å²) in [6.07, 6.45) is 40.5. The number of rotatable bonds is 34. The van der Waals surface area contributed by atoms with Crippen LogP contribution >= 0.6 is 6.12 Å². The van der Waals surface area contributed by atoms with E-state index in [2.05, 4.69) is 26.0 Å². The van der Waals surface area contributed by atoms with Gasteiger partial charge in [0.05, 0.1) is 0 Å². The molecule has 0 radical (unpaired) electrons. The van der Waals surface area contributed by atoms with Crippen LogP contribution in [0.3, 0.4) is 0 Å². The zero-order valence-corrected chi connectivity index (χ0v) is 32.5. The van der Waals surface area contributed by atoms with Crippen molar-refractivity contribution >= 4 is 30.6 Å². The summed E-state index contributed by atoms with van der Waals surface area (Å²) in [5, 5.41) is 0. The van der Waals surface area contributed by atoms with Gasteiger partial charge in [-0.2, -0.15) is 0 Å². The maximum Gasteiger partial charge on any atom is 0.168 e. The topological polar surface area (TPSA) is 32.3 Å². The van der Waals surface area contributed by atoms with E-state index in [0.717, 1.165) is 12.8 Å². The lowest BCUT2D eigenvalue weighted by atomic mass is 9.96. The lowest BCUT2D eigenvalue weighted by Gasteiger charge is -2.42. The maximum absolute atomic E-state index is 11.9. The number of benzene rings is 1. The Morgan fingerprint density at radius 3 is 1.04 bits per heavy atom. The molecule has 0 aliphatic carbocycles. The van der Waals surface area contributed by atoms with Gasteiger partial charge in [0, 0.05) is 0 Å². The maximum atomic E-state index is 11.9. The summed E-state index contributed by atoms with van der Waals surface area (Å²) in [6, 6.07) is 6.15. The predicted octanol–water partition coefficient (Wildman–Crippen LogP) is 14.0. The Labute approximate surface area is 293 Å². The Morgan fingerprint density at radius 1 is 0.444 bits per heavy atom. The molecule has 1 aromatic rings. The first-order valence-corrected chi connectivity index (χ1v) is 23.4. The molecule has 0 fully saturated rings. The van der Waals surface area contributed by atoms with Gasteiger partial charge < -0.3 is 33.9 Å². The summed E-state index contributed by atoms with van der Waals surface area (Å²) in [5.74, 6) is 0.583. The summed E-state index contributed by atoms with van der Waals surface area (Å²) in [4.78, 5) is 11.9. The minimum Gasteiger partial charge on any atom is -0.682 e. The summed E-state index contributed by atoms with van der Waals surface area (Å²) in [6.45, 7) is 4.58. The van der Waals surface area contributed by atoms with Crippen molar-refractivity contribution < 1.29 is 9.42 Å². The fourth-order valence-electron chi connectivity index (χ4n) is 6.64. The lowest BCUT2D eigenvalue weighted by Crippen LogP contribution is -2.09. The standard InChI is InChI=1S/C40H75O2PS2/c1-3-5-7-9-11-13-15-17-19-21-23-25-27-29-31-33-38-35-36-40(42-43(41,44)45)37-39(38)34-32-30-28-26-24-22-20-18-16-14-12-10-8-6-4-2/h35-37H,3-34H2,1-2H3,(H2,41,44,45)/p-2. The van der Waals surface area contributed by atoms with Crippen LogP contribution in [0.5, 0.6) is 5.75 Å². The van der Waals surface area contributed by atoms with Crippen molar-refractivity contribution in [2.75, 3.05) is 0 Å². The Bertz CT molecular complexity index is 767. The van der Waals surface area contributed by atoms with Gasteiger partial charge in [-0.05, 0) is 48.9 Å². The van der Waals surface area contributed by atoms with Crippen molar-refractivity contribution in [2.24, 2.45) is 0 Å². The number of aryl methyl sites for hydroxylation is 2. The quantitative estimate of drug-likeness (QED) is 0.0412. The van der Waals surface area contributed by atoms with E-state index >= 15 is 0 Å².